The van der Waals surface area contributed by atoms with Crippen molar-refractivity contribution in [3.63, 3.8) is 0 Å². The van der Waals surface area contributed by atoms with Gasteiger partial charge in [-0.1, -0.05) is 0 Å². The Hall–Kier alpha value is -0.670. The van der Waals surface area contributed by atoms with Crippen molar-refractivity contribution in [2.75, 3.05) is 5.73 Å². The molecular weight excluding hydrogens is 235 g/mol. The molecule has 1 rings (SSSR count). The Morgan fingerprint density at radius 3 is 2.40 bits per heavy atom. The van der Waals surface area contributed by atoms with E-state index >= 15 is 0 Å². The SMILES string of the molecule is Nc1ccc(S(=O)(=O)O)cc1[N+](=O)[O-].[H-].[Na+]. The molecule has 3 N–H and O–H groups in total. The van der Waals surface area contributed by atoms with Crippen molar-refractivity contribution < 1.29 is 48.9 Å². The summed E-state index contributed by atoms with van der Waals surface area (Å²) >= 11 is 0. The van der Waals surface area contributed by atoms with Crippen molar-refractivity contribution in [2.45, 2.75) is 4.90 Å². The van der Waals surface area contributed by atoms with Gasteiger partial charge in [-0.05, 0) is 12.1 Å². The van der Waals surface area contributed by atoms with Crippen molar-refractivity contribution in [1.82, 2.24) is 0 Å². The van der Waals surface area contributed by atoms with Crippen LogP contribution in [0.3, 0.4) is 0 Å². The standard InChI is InChI=1S/C6H6N2O5S.Na.H/c7-5-2-1-4(14(11,12)13)3-6(5)8(9)10;;/h1-3H,7H2,(H,11,12,13);;/q;+1;-1. The number of nitro benzene ring substituents is 1. The van der Waals surface area contributed by atoms with Crippen LogP contribution in [-0.4, -0.2) is 17.9 Å². The van der Waals surface area contributed by atoms with Gasteiger partial charge in [0.15, 0.2) is 0 Å². The predicted molar refractivity (Wildman–Crippen MR) is 48.4 cm³/mol. The van der Waals surface area contributed by atoms with E-state index in [1.807, 2.05) is 0 Å². The van der Waals surface area contributed by atoms with Crippen LogP contribution in [0.15, 0.2) is 23.1 Å². The maximum Gasteiger partial charge on any atom is 1.00 e. The molecule has 78 valence electrons. The number of hydrogen-bond acceptors (Lipinski definition) is 5. The molecule has 0 aliphatic rings. The summed E-state index contributed by atoms with van der Waals surface area (Å²) in [4.78, 5) is 8.96. The van der Waals surface area contributed by atoms with Crippen molar-refractivity contribution in [3.05, 3.63) is 28.3 Å². The smallest absolute Gasteiger partial charge is 1.00 e. The zero-order chi connectivity index (χ0) is 10.9. The average molecular weight is 242 g/mol. The Morgan fingerprint density at radius 2 is 2.00 bits per heavy atom. The second-order valence-corrected chi connectivity index (χ2v) is 3.87. The topological polar surface area (TPSA) is 124 Å². The predicted octanol–water partition coefficient (Wildman–Crippen LogP) is -2.46. The molecule has 0 fully saturated rings. The van der Waals surface area contributed by atoms with Crippen molar-refractivity contribution >= 4 is 21.5 Å². The Labute approximate surface area is 109 Å². The van der Waals surface area contributed by atoms with Crippen LogP contribution < -0.4 is 35.3 Å². The zero-order valence-electron chi connectivity index (χ0n) is 8.75. The van der Waals surface area contributed by atoms with E-state index in [4.69, 9.17) is 10.3 Å². The molecule has 0 bridgehead atoms. The van der Waals surface area contributed by atoms with E-state index in [2.05, 4.69) is 0 Å². The van der Waals surface area contributed by atoms with Gasteiger partial charge in [-0.2, -0.15) is 8.42 Å². The Kier molecular flexibility index (Phi) is 4.68. The van der Waals surface area contributed by atoms with E-state index in [0.29, 0.717) is 6.07 Å². The van der Waals surface area contributed by atoms with Gasteiger partial charge in [0.1, 0.15) is 10.6 Å². The minimum Gasteiger partial charge on any atom is -1.00 e. The minimum atomic E-state index is -4.44. The molecule has 0 spiro atoms. The number of nitrogens with zero attached hydrogens (tertiary/aromatic N) is 1. The first-order valence-electron chi connectivity index (χ1n) is 3.34. The molecular formula is C6H7N2NaO5S. The maximum absolute atomic E-state index is 10.6. The third kappa shape index (κ3) is 3.43. The third-order valence-electron chi connectivity index (χ3n) is 1.50. The summed E-state index contributed by atoms with van der Waals surface area (Å²) in [6.07, 6.45) is 0. The van der Waals surface area contributed by atoms with Crippen LogP contribution in [0, 0.1) is 10.1 Å². The fourth-order valence-corrected chi connectivity index (χ4v) is 1.34. The van der Waals surface area contributed by atoms with Gasteiger partial charge >= 0.3 is 29.6 Å². The summed E-state index contributed by atoms with van der Waals surface area (Å²) in [6.45, 7) is 0. The zero-order valence-corrected chi connectivity index (χ0v) is 10.6. The van der Waals surface area contributed by atoms with Gasteiger partial charge < -0.3 is 7.16 Å². The van der Waals surface area contributed by atoms with E-state index in [-0.39, 0.29) is 36.7 Å². The van der Waals surface area contributed by atoms with Crippen LogP contribution in [0.4, 0.5) is 11.4 Å². The van der Waals surface area contributed by atoms with Gasteiger partial charge in [0.25, 0.3) is 15.8 Å². The molecule has 0 unspecified atom stereocenters. The van der Waals surface area contributed by atoms with E-state index in [9.17, 15) is 18.5 Å². The van der Waals surface area contributed by atoms with Crippen LogP contribution in [-0.2, 0) is 10.1 Å². The molecule has 0 radical (unpaired) electrons. The Bertz CT molecular complexity index is 492. The molecule has 0 saturated carbocycles. The molecule has 15 heavy (non-hydrogen) atoms. The van der Waals surface area contributed by atoms with Crippen molar-refractivity contribution in [1.29, 1.82) is 0 Å². The number of benzene rings is 1. The molecule has 0 atom stereocenters. The molecule has 0 amide bonds. The van der Waals surface area contributed by atoms with E-state index in [0.717, 1.165) is 12.1 Å². The minimum absolute atomic E-state index is 0. The summed E-state index contributed by atoms with van der Waals surface area (Å²) in [7, 11) is -4.44. The van der Waals surface area contributed by atoms with Crippen LogP contribution in [0.5, 0.6) is 0 Å². The number of rotatable bonds is 2. The molecule has 0 aliphatic heterocycles. The van der Waals surface area contributed by atoms with Crippen LogP contribution in [0.2, 0.25) is 0 Å². The van der Waals surface area contributed by atoms with E-state index < -0.39 is 25.6 Å². The van der Waals surface area contributed by atoms with Crippen LogP contribution in [0.1, 0.15) is 1.43 Å². The van der Waals surface area contributed by atoms with E-state index in [1.165, 1.54) is 0 Å². The largest absolute Gasteiger partial charge is 1.00 e. The summed E-state index contributed by atoms with van der Waals surface area (Å²) in [5, 5.41) is 10.4. The first kappa shape index (κ1) is 14.3. The Balaban J connectivity index is 0. The van der Waals surface area contributed by atoms with E-state index in [1.54, 1.807) is 0 Å². The first-order valence-corrected chi connectivity index (χ1v) is 4.78. The molecule has 1 aromatic rings. The van der Waals surface area contributed by atoms with Gasteiger partial charge in [-0.15, -0.1) is 0 Å². The van der Waals surface area contributed by atoms with Crippen LogP contribution >= 0.6 is 0 Å². The molecule has 0 aliphatic carbocycles. The summed E-state index contributed by atoms with van der Waals surface area (Å²) in [6, 6.07) is 2.73. The number of nitro groups is 1. The summed E-state index contributed by atoms with van der Waals surface area (Å²) in [5.74, 6) is 0. The van der Waals surface area contributed by atoms with Crippen molar-refractivity contribution in [2.24, 2.45) is 0 Å². The van der Waals surface area contributed by atoms with Gasteiger partial charge in [0, 0.05) is 6.07 Å². The number of hydrogen-bond donors (Lipinski definition) is 2. The molecule has 9 heteroatoms. The molecule has 1 aromatic carbocycles. The van der Waals surface area contributed by atoms with Crippen molar-refractivity contribution in [3.8, 4) is 0 Å². The fourth-order valence-electron chi connectivity index (χ4n) is 0.842. The normalized spacial score (nSPS) is 10.5. The van der Waals surface area contributed by atoms with Crippen LogP contribution in [0.25, 0.3) is 0 Å². The quantitative estimate of drug-likeness (QED) is 0.195. The molecule has 7 nitrogen and oxygen atoms in total. The monoisotopic (exact) mass is 242 g/mol. The molecule has 0 heterocycles. The van der Waals surface area contributed by atoms with Gasteiger partial charge in [0.2, 0.25) is 0 Å². The van der Waals surface area contributed by atoms with Gasteiger partial charge in [0.05, 0.1) is 4.92 Å². The average Bonchev–Trinajstić information content (AvgIpc) is 2.02. The van der Waals surface area contributed by atoms with Gasteiger partial charge in [-0.25, -0.2) is 0 Å². The number of anilines is 1. The second kappa shape index (κ2) is 4.90. The molecule has 0 saturated heterocycles. The number of nitrogen functional groups attached to an aromatic ring is 1. The third-order valence-corrected chi connectivity index (χ3v) is 2.35. The van der Waals surface area contributed by atoms with Gasteiger partial charge in [-0.3, -0.25) is 14.7 Å². The maximum atomic E-state index is 10.6. The summed E-state index contributed by atoms with van der Waals surface area (Å²) in [5.41, 5.74) is 4.50. The fraction of sp³-hybridized carbons (Fsp3) is 0. The first-order chi connectivity index (χ1) is 6.32. The number of nitrogens with two attached hydrogens (primary N) is 1. The summed E-state index contributed by atoms with van der Waals surface area (Å²) < 4.78 is 29.8. The second-order valence-electron chi connectivity index (χ2n) is 2.45. The Morgan fingerprint density at radius 1 is 1.47 bits per heavy atom. The molecule has 0 aromatic heterocycles.